The summed E-state index contributed by atoms with van der Waals surface area (Å²) in [5.41, 5.74) is 8.86. The van der Waals surface area contributed by atoms with E-state index in [9.17, 15) is 4.39 Å². The van der Waals surface area contributed by atoms with Crippen LogP contribution in [0.5, 0.6) is 0 Å². The first kappa shape index (κ1) is 14.8. The maximum atomic E-state index is 13.9. The minimum absolute atomic E-state index is 0.141. The van der Waals surface area contributed by atoms with Gasteiger partial charge in [-0.2, -0.15) is 0 Å². The van der Waals surface area contributed by atoms with E-state index in [1.54, 1.807) is 6.07 Å². The first-order valence-corrected chi connectivity index (χ1v) is 8.11. The molecule has 116 valence electrons. The Morgan fingerprint density at radius 2 is 2.00 bits per heavy atom. The van der Waals surface area contributed by atoms with Crippen LogP contribution in [0.15, 0.2) is 12.1 Å². The van der Waals surface area contributed by atoms with E-state index in [0.717, 1.165) is 24.3 Å². The minimum Gasteiger partial charge on any atom is -0.370 e. The van der Waals surface area contributed by atoms with Gasteiger partial charge in [-0.05, 0) is 62.9 Å². The summed E-state index contributed by atoms with van der Waals surface area (Å²) >= 11 is 0. The van der Waals surface area contributed by atoms with E-state index in [-0.39, 0.29) is 11.9 Å². The first-order chi connectivity index (χ1) is 10.1. The Bertz CT molecular complexity index is 515. The third-order valence-electron chi connectivity index (χ3n) is 4.94. The fraction of sp³-hybridized carbons (Fsp3) is 0.647. The summed E-state index contributed by atoms with van der Waals surface area (Å²) in [5, 5.41) is 0. The van der Waals surface area contributed by atoms with Gasteiger partial charge < -0.3 is 10.6 Å². The van der Waals surface area contributed by atoms with Crippen molar-refractivity contribution in [2.24, 2.45) is 5.73 Å². The van der Waals surface area contributed by atoms with Crippen molar-refractivity contribution in [3.8, 4) is 0 Å². The van der Waals surface area contributed by atoms with Gasteiger partial charge >= 0.3 is 0 Å². The standard InChI is InChI=1S/C17H26FN3/c1-12-9-17(15(13(2)19)10-16(12)18)21-8-4-7-20-6-3-5-14(20)11-21/h9-10,13-14H,3-8,11,19H2,1-2H3/t13-,14?/m1/s1. The molecule has 2 atom stereocenters. The number of hydrogen-bond acceptors (Lipinski definition) is 3. The van der Waals surface area contributed by atoms with Crippen LogP contribution in [0.4, 0.5) is 10.1 Å². The lowest BCUT2D eigenvalue weighted by Crippen LogP contribution is -2.37. The summed E-state index contributed by atoms with van der Waals surface area (Å²) < 4.78 is 13.9. The first-order valence-electron chi connectivity index (χ1n) is 8.11. The van der Waals surface area contributed by atoms with Crippen molar-refractivity contribution in [2.75, 3.05) is 31.1 Å². The number of halogens is 1. The largest absolute Gasteiger partial charge is 0.370 e. The number of aryl methyl sites for hydroxylation is 1. The summed E-state index contributed by atoms with van der Waals surface area (Å²) in [4.78, 5) is 5.04. The van der Waals surface area contributed by atoms with Crippen molar-refractivity contribution in [2.45, 2.75) is 45.2 Å². The molecule has 4 heteroatoms. The van der Waals surface area contributed by atoms with E-state index < -0.39 is 0 Å². The molecule has 2 aliphatic heterocycles. The zero-order valence-corrected chi connectivity index (χ0v) is 13.1. The summed E-state index contributed by atoms with van der Waals surface area (Å²) in [7, 11) is 0. The normalized spacial score (nSPS) is 24.8. The molecular formula is C17H26FN3. The molecule has 0 saturated carbocycles. The summed E-state index contributed by atoms with van der Waals surface area (Å²) in [6.07, 6.45) is 3.76. The Labute approximate surface area is 126 Å². The van der Waals surface area contributed by atoms with Crippen LogP contribution in [0.1, 0.15) is 43.4 Å². The average Bonchev–Trinajstić information content (AvgIpc) is 2.78. The van der Waals surface area contributed by atoms with Crippen LogP contribution in [0.2, 0.25) is 0 Å². The van der Waals surface area contributed by atoms with E-state index in [2.05, 4.69) is 9.80 Å². The van der Waals surface area contributed by atoms with Crippen molar-refractivity contribution in [1.29, 1.82) is 0 Å². The maximum absolute atomic E-state index is 13.9. The predicted molar refractivity (Wildman–Crippen MR) is 85.2 cm³/mol. The Balaban J connectivity index is 1.93. The lowest BCUT2D eigenvalue weighted by atomic mass is 10.0. The van der Waals surface area contributed by atoms with Gasteiger partial charge in [-0.1, -0.05) is 0 Å². The third kappa shape index (κ3) is 2.92. The average molecular weight is 291 g/mol. The van der Waals surface area contributed by atoms with Gasteiger partial charge in [0, 0.05) is 37.4 Å². The van der Waals surface area contributed by atoms with Crippen molar-refractivity contribution in [3.63, 3.8) is 0 Å². The number of rotatable bonds is 2. The van der Waals surface area contributed by atoms with Crippen LogP contribution >= 0.6 is 0 Å². The SMILES string of the molecule is Cc1cc(N2CCCN3CCCC3C2)c([C@@H](C)N)cc1F. The number of nitrogens with zero attached hydrogens (tertiary/aromatic N) is 2. The highest BCUT2D eigenvalue weighted by molar-refractivity contribution is 5.57. The second-order valence-electron chi connectivity index (χ2n) is 6.58. The summed E-state index contributed by atoms with van der Waals surface area (Å²) in [5.74, 6) is -0.150. The number of hydrogen-bond donors (Lipinski definition) is 1. The Morgan fingerprint density at radius 3 is 2.76 bits per heavy atom. The molecule has 1 aromatic carbocycles. The molecule has 1 aromatic rings. The van der Waals surface area contributed by atoms with Crippen LogP contribution in [-0.2, 0) is 0 Å². The summed E-state index contributed by atoms with van der Waals surface area (Å²) in [6, 6.07) is 4.13. The van der Waals surface area contributed by atoms with Gasteiger partial charge in [-0.3, -0.25) is 4.90 Å². The van der Waals surface area contributed by atoms with Crippen molar-refractivity contribution >= 4 is 5.69 Å². The molecule has 3 rings (SSSR count). The number of fused-ring (bicyclic) bond motifs is 1. The molecule has 21 heavy (non-hydrogen) atoms. The van der Waals surface area contributed by atoms with Gasteiger partial charge in [-0.15, -0.1) is 0 Å². The van der Waals surface area contributed by atoms with E-state index >= 15 is 0 Å². The lowest BCUT2D eigenvalue weighted by molar-refractivity contribution is 0.273. The van der Waals surface area contributed by atoms with Gasteiger partial charge in [0.2, 0.25) is 0 Å². The molecule has 2 aliphatic rings. The Kier molecular flexibility index (Phi) is 4.18. The molecule has 0 spiro atoms. The molecule has 1 unspecified atom stereocenters. The van der Waals surface area contributed by atoms with Crippen LogP contribution in [0.3, 0.4) is 0 Å². The lowest BCUT2D eigenvalue weighted by Gasteiger charge is -2.30. The molecule has 3 nitrogen and oxygen atoms in total. The molecule has 2 N–H and O–H groups in total. The zero-order chi connectivity index (χ0) is 15.0. The topological polar surface area (TPSA) is 32.5 Å². The van der Waals surface area contributed by atoms with Crippen LogP contribution < -0.4 is 10.6 Å². The van der Waals surface area contributed by atoms with E-state index in [4.69, 9.17) is 5.73 Å². The zero-order valence-electron chi connectivity index (χ0n) is 13.1. The highest BCUT2D eigenvalue weighted by Crippen LogP contribution is 2.31. The van der Waals surface area contributed by atoms with E-state index in [1.807, 2.05) is 19.9 Å². The summed E-state index contributed by atoms with van der Waals surface area (Å²) in [6.45, 7) is 8.29. The van der Waals surface area contributed by atoms with Gasteiger partial charge in [0.05, 0.1) is 0 Å². The highest BCUT2D eigenvalue weighted by Gasteiger charge is 2.29. The quantitative estimate of drug-likeness (QED) is 0.909. The Morgan fingerprint density at radius 1 is 1.24 bits per heavy atom. The molecule has 2 saturated heterocycles. The second-order valence-corrected chi connectivity index (χ2v) is 6.58. The molecule has 0 amide bonds. The molecule has 2 heterocycles. The van der Waals surface area contributed by atoms with Crippen molar-refractivity contribution in [1.82, 2.24) is 4.90 Å². The Hall–Kier alpha value is -1.13. The van der Waals surface area contributed by atoms with Gasteiger partial charge in [0.15, 0.2) is 0 Å². The monoisotopic (exact) mass is 291 g/mol. The third-order valence-corrected chi connectivity index (χ3v) is 4.94. The van der Waals surface area contributed by atoms with Crippen molar-refractivity contribution < 1.29 is 4.39 Å². The van der Waals surface area contributed by atoms with Gasteiger partial charge in [0.25, 0.3) is 0 Å². The predicted octanol–water partition coefficient (Wildman–Crippen LogP) is 2.83. The number of benzene rings is 1. The number of nitrogens with two attached hydrogens (primary N) is 1. The van der Waals surface area contributed by atoms with Gasteiger partial charge in [0.1, 0.15) is 5.82 Å². The van der Waals surface area contributed by atoms with E-state index in [1.165, 1.54) is 32.4 Å². The van der Waals surface area contributed by atoms with Crippen LogP contribution in [0.25, 0.3) is 0 Å². The fourth-order valence-electron chi connectivity index (χ4n) is 3.75. The maximum Gasteiger partial charge on any atom is 0.126 e. The smallest absolute Gasteiger partial charge is 0.126 e. The molecule has 0 radical (unpaired) electrons. The molecule has 0 aliphatic carbocycles. The van der Waals surface area contributed by atoms with E-state index in [0.29, 0.717) is 11.6 Å². The van der Waals surface area contributed by atoms with Crippen LogP contribution in [0, 0.1) is 12.7 Å². The fourth-order valence-corrected chi connectivity index (χ4v) is 3.75. The molecule has 2 fully saturated rings. The highest BCUT2D eigenvalue weighted by atomic mass is 19.1. The number of anilines is 1. The van der Waals surface area contributed by atoms with Crippen molar-refractivity contribution in [3.05, 3.63) is 29.1 Å². The molecule has 0 aromatic heterocycles. The molecule has 0 bridgehead atoms. The molecular weight excluding hydrogens is 265 g/mol. The minimum atomic E-state index is -0.150. The second kappa shape index (κ2) is 5.93. The van der Waals surface area contributed by atoms with Gasteiger partial charge in [-0.25, -0.2) is 4.39 Å². The van der Waals surface area contributed by atoms with Crippen LogP contribution in [-0.4, -0.2) is 37.1 Å².